The van der Waals surface area contributed by atoms with Crippen LogP contribution in [0.3, 0.4) is 0 Å². The highest BCUT2D eigenvalue weighted by Gasteiger charge is 2.29. The van der Waals surface area contributed by atoms with E-state index in [1.54, 1.807) is 12.1 Å². The Kier molecular flexibility index (Phi) is 9.07. The molecule has 0 unspecified atom stereocenters. The Morgan fingerprint density at radius 2 is 1.52 bits per heavy atom. The van der Waals surface area contributed by atoms with Crippen molar-refractivity contribution < 1.29 is 34.5 Å². The van der Waals surface area contributed by atoms with Crippen molar-refractivity contribution in [2.75, 3.05) is 0 Å². The molecule has 0 aliphatic rings. The molecule has 0 saturated carbocycles. The molecule has 10 nitrogen and oxygen atoms in total. The zero-order valence-corrected chi connectivity index (χ0v) is 16.3. The Bertz CT molecular complexity index is 734. The highest BCUT2D eigenvalue weighted by molar-refractivity contribution is 5.92. The first-order valence-corrected chi connectivity index (χ1v) is 9.08. The Hall–Kier alpha value is -3.14. The molecule has 0 aliphatic heterocycles. The van der Waals surface area contributed by atoms with Crippen molar-refractivity contribution in [3.8, 4) is 5.75 Å². The summed E-state index contributed by atoms with van der Waals surface area (Å²) < 4.78 is 0. The number of aliphatic carboxylic acids is 2. The first-order valence-electron chi connectivity index (χ1n) is 9.08. The minimum Gasteiger partial charge on any atom is -0.508 e. The summed E-state index contributed by atoms with van der Waals surface area (Å²) in [4.78, 5) is 46.9. The number of aromatic hydroxyl groups is 1. The number of rotatable bonds is 11. The normalized spacial score (nSPS) is 13.9. The smallest absolute Gasteiger partial charge is 0.326 e. The summed E-state index contributed by atoms with van der Waals surface area (Å²) in [6, 6.07) is 2.50. The molecule has 1 aromatic rings. The van der Waals surface area contributed by atoms with Gasteiger partial charge in [-0.05, 0) is 36.5 Å². The zero-order valence-electron chi connectivity index (χ0n) is 16.3. The van der Waals surface area contributed by atoms with E-state index >= 15 is 0 Å². The number of carbonyl (C=O) groups excluding carboxylic acids is 2. The van der Waals surface area contributed by atoms with E-state index in [2.05, 4.69) is 10.6 Å². The monoisotopic (exact) mass is 409 g/mol. The molecule has 3 atom stereocenters. The van der Waals surface area contributed by atoms with Crippen molar-refractivity contribution >= 4 is 23.8 Å². The SMILES string of the molecule is CC(C)C[C@H](NC(=O)[C@@H](N)Cc1ccc(O)cc1)C(=O)N[C@@H](CC(=O)O)C(=O)O. The van der Waals surface area contributed by atoms with Crippen LogP contribution in [0.2, 0.25) is 0 Å². The van der Waals surface area contributed by atoms with Crippen LogP contribution in [0.25, 0.3) is 0 Å². The number of hydrogen-bond donors (Lipinski definition) is 6. The van der Waals surface area contributed by atoms with Gasteiger partial charge >= 0.3 is 11.9 Å². The number of nitrogens with one attached hydrogen (secondary N) is 2. The molecule has 1 rings (SSSR count). The van der Waals surface area contributed by atoms with Gasteiger partial charge in [0.15, 0.2) is 0 Å². The second-order valence-electron chi connectivity index (χ2n) is 7.17. The zero-order chi connectivity index (χ0) is 22.1. The summed E-state index contributed by atoms with van der Waals surface area (Å²) in [6.45, 7) is 3.63. The van der Waals surface area contributed by atoms with E-state index in [1.165, 1.54) is 12.1 Å². The summed E-state index contributed by atoms with van der Waals surface area (Å²) >= 11 is 0. The number of carboxylic acid groups (broad SMARTS) is 2. The van der Waals surface area contributed by atoms with Crippen molar-refractivity contribution in [1.29, 1.82) is 0 Å². The van der Waals surface area contributed by atoms with Gasteiger partial charge in [0.25, 0.3) is 0 Å². The summed E-state index contributed by atoms with van der Waals surface area (Å²) in [5, 5.41) is 31.8. The quantitative estimate of drug-likeness (QED) is 0.292. The molecule has 0 radical (unpaired) electrons. The van der Waals surface area contributed by atoms with Gasteiger partial charge in [0.05, 0.1) is 12.5 Å². The first kappa shape index (κ1) is 23.9. The van der Waals surface area contributed by atoms with Gasteiger partial charge in [-0.2, -0.15) is 0 Å². The predicted molar refractivity (Wildman–Crippen MR) is 103 cm³/mol. The third-order valence-electron chi connectivity index (χ3n) is 4.06. The third-order valence-corrected chi connectivity index (χ3v) is 4.06. The Balaban J connectivity index is 2.81. The number of phenolic OH excluding ortho intramolecular Hbond substituents is 1. The fourth-order valence-electron chi connectivity index (χ4n) is 2.61. The molecule has 1 aromatic carbocycles. The lowest BCUT2D eigenvalue weighted by atomic mass is 10.0. The minimum atomic E-state index is -1.61. The Labute approximate surface area is 168 Å². The minimum absolute atomic E-state index is 0.0119. The lowest BCUT2D eigenvalue weighted by Crippen LogP contribution is -2.55. The van der Waals surface area contributed by atoms with Crippen LogP contribution >= 0.6 is 0 Å². The summed E-state index contributed by atoms with van der Waals surface area (Å²) in [6.07, 6.45) is -0.411. The van der Waals surface area contributed by atoms with Crippen LogP contribution in [0.5, 0.6) is 5.75 Å². The van der Waals surface area contributed by atoms with Crippen LogP contribution in [0.4, 0.5) is 0 Å². The van der Waals surface area contributed by atoms with E-state index in [0.29, 0.717) is 5.56 Å². The van der Waals surface area contributed by atoms with Crippen LogP contribution < -0.4 is 16.4 Å². The summed E-state index contributed by atoms with van der Waals surface area (Å²) in [7, 11) is 0. The summed E-state index contributed by atoms with van der Waals surface area (Å²) in [5.41, 5.74) is 6.61. The van der Waals surface area contributed by atoms with E-state index in [0.717, 1.165) is 0 Å². The van der Waals surface area contributed by atoms with Gasteiger partial charge in [-0.3, -0.25) is 14.4 Å². The van der Waals surface area contributed by atoms with Crippen molar-refractivity contribution in [2.24, 2.45) is 11.7 Å². The van der Waals surface area contributed by atoms with Gasteiger partial charge in [0.1, 0.15) is 17.8 Å². The first-order chi connectivity index (χ1) is 13.5. The topological polar surface area (TPSA) is 179 Å². The number of hydrogen-bond acceptors (Lipinski definition) is 6. The third kappa shape index (κ3) is 8.60. The van der Waals surface area contributed by atoms with E-state index in [4.69, 9.17) is 15.9 Å². The fourth-order valence-corrected chi connectivity index (χ4v) is 2.61. The molecule has 0 aliphatic carbocycles. The van der Waals surface area contributed by atoms with E-state index in [1.807, 2.05) is 13.8 Å². The molecule has 0 fully saturated rings. The lowest BCUT2D eigenvalue weighted by Gasteiger charge is -2.23. The molecule has 10 heteroatoms. The maximum Gasteiger partial charge on any atom is 0.326 e. The maximum absolute atomic E-state index is 12.5. The molecule has 2 amide bonds. The highest BCUT2D eigenvalue weighted by Crippen LogP contribution is 2.11. The predicted octanol–water partition coefficient (Wildman–Crippen LogP) is -0.163. The second kappa shape index (κ2) is 11.0. The molecule has 29 heavy (non-hydrogen) atoms. The average molecular weight is 409 g/mol. The van der Waals surface area contributed by atoms with Gasteiger partial charge in [-0.1, -0.05) is 26.0 Å². The molecule has 0 spiro atoms. The number of carbonyl (C=O) groups is 4. The van der Waals surface area contributed by atoms with Gasteiger partial charge in [-0.25, -0.2) is 4.79 Å². The van der Waals surface area contributed by atoms with Crippen LogP contribution in [0.15, 0.2) is 24.3 Å². The number of phenols is 1. The standard InChI is InChI=1S/C19H27N3O7/c1-10(2)7-14(18(27)22-15(19(28)29)9-16(24)25)21-17(26)13(20)8-11-3-5-12(23)6-4-11/h3-6,10,13-15,23H,7-9,20H2,1-2H3,(H,21,26)(H,22,27)(H,24,25)(H,28,29)/t13-,14-,15-/m0/s1. The van der Waals surface area contributed by atoms with Gasteiger partial charge in [0, 0.05) is 0 Å². The van der Waals surface area contributed by atoms with E-state index < -0.39 is 48.3 Å². The van der Waals surface area contributed by atoms with Gasteiger partial charge in [0.2, 0.25) is 11.8 Å². The molecular formula is C19H27N3O7. The number of nitrogens with two attached hydrogens (primary N) is 1. The highest BCUT2D eigenvalue weighted by atomic mass is 16.4. The van der Waals surface area contributed by atoms with Crippen LogP contribution in [-0.4, -0.2) is 57.2 Å². The van der Waals surface area contributed by atoms with Gasteiger partial charge < -0.3 is 31.7 Å². The molecule has 0 aromatic heterocycles. The largest absolute Gasteiger partial charge is 0.508 e. The average Bonchev–Trinajstić information content (AvgIpc) is 2.61. The van der Waals surface area contributed by atoms with Gasteiger partial charge in [-0.15, -0.1) is 0 Å². The molecule has 0 saturated heterocycles. The summed E-state index contributed by atoms with van der Waals surface area (Å²) in [5.74, 6) is -4.20. The van der Waals surface area contributed by atoms with Crippen LogP contribution in [0.1, 0.15) is 32.3 Å². The van der Waals surface area contributed by atoms with Crippen molar-refractivity contribution in [1.82, 2.24) is 10.6 Å². The maximum atomic E-state index is 12.5. The van der Waals surface area contributed by atoms with Crippen molar-refractivity contribution in [2.45, 2.75) is 51.2 Å². The lowest BCUT2D eigenvalue weighted by molar-refractivity contribution is -0.147. The Morgan fingerprint density at radius 3 is 2.00 bits per heavy atom. The number of amides is 2. The molecule has 0 heterocycles. The van der Waals surface area contributed by atoms with Crippen molar-refractivity contribution in [3.63, 3.8) is 0 Å². The number of benzene rings is 1. The molecule has 160 valence electrons. The van der Waals surface area contributed by atoms with E-state index in [9.17, 15) is 24.3 Å². The fraction of sp³-hybridized carbons (Fsp3) is 0.474. The Morgan fingerprint density at radius 1 is 0.966 bits per heavy atom. The van der Waals surface area contributed by atoms with Crippen LogP contribution in [0, 0.1) is 5.92 Å². The number of carboxylic acids is 2. The molecule has 7 N–H and O–H groups in total. The second-order valence-corrected chi connectivity index (χ2v) is 7.17. The molecular weight excluding hydrogens is 382 g/mol. The molecule has 0 bridgehead atoms. The van der Waals surface area contributed by atoms with Crippen molar-refractivity contribution in [3.05, 3.63) is 29.8 Å². The van der Waals surface area contributed by atoms with Crippen LogP contribution in [-0.2, 0) is 25.6 Å². The van der Waals surface area contributed by atoms with E-state index in [-0.39, 0.29) is 24.5 Å².